The zero-order valence-corrected chi connectivity index (χ0v) is 22.8. The molecule has 0 spiro atoms. The van der Waals surface area contributed by atoms with Gasteiger partial charge < -0.3 is 25.8 Å². The molecule has 4 atom stereocenters. The number of thiazole rings is 1. The van der Waals surface area contributed by atoms with Crippen LogP contribution in [0.5, 0.6) is 0 Å². The number of likely N-dealkylation sites (N-methyl/N-ethyl adjacent to an activating group) is 1. The number of carbonyl (C=O) groups is 3. The van der Waals surface area contributed by atoms with Crippen molar-refractivity contribution in [2.75, 3.05) is 33.0 Å². The fourth-order valence-corrected chi connectivity index (χ4v) is 6.72. The molecule has 1 saturated carbocycles. The summed E-state index contributed by atoms with van der Waals surface area (Å²) in [4.78, 5) is 44.5. The van der Waals surface area contributed by atoms with E-state index in [1.165, 1.54) is 35.6 Å². The molecule has 9 nitrogen and oxygen atoms in total. The van der Waals surface area contributed by atoms with Crippen LogP contribution < -0.4 is 16.4 Å². The Morgan fingerprint density at radius 3 is 2.57 bits per heavy atom. The number of amides is 3. The van der Waals surface area contributed by atoms with Crippen molar-refractivity contribution >= 4 is 52.0 Å². The van der Waals surface area contributed by atoms with Gasteiger partial charge in [0.25, 0.3) is 11.8 Å². The average molecular weight is 548 g/mol. The summed E-state index contributed by atoms with van der Waals surface area (Å²) in [6.45, 7) is 1.43. The molecule has 1 aromatic heterocycles. The summed E-state index contributed by atoms with van der Waals surface area (Å²) in [6.07, 6.45) is 2.70. The first kappa shape index (κ1) is 27.1. The molecule has 2 aliphatic rings. The van der Waals surface area contributed by atoms with E-state index >= 15 is 0 Å². The molecule has 198 valence electrons. The molecule has 1 unspecified atom stereocenters. The van der Waals surface area contributed by atoms with Crippen LogP contribution in [0.25, 0.3) is 0 Å². The van der Waals surface area contributed by atoms with Crippen molar-refractivity contribution in [1.29, 1.82) is 0 Å². The molecular formula is C25H32FN6O3S2+. The van der Waals surface area contributed by atoms with Crippen molar-refractivity contribution in [1.82, 2.24) is 15.2 Å². The fraction of sp³-hybridized carbons (Fsp3) is 0.480. The predicted molar refractivity (Wildman–Crippen MR) is 143 cm³/mol. The number of hydrogen-bond acceptors (Lipinski definition) is 6. The Morgan fingerprint density at radius 2 is 1.92 bits per heavy atom. The second-order valence-electron chi connectivity index (χ2n) is 10.2. The second-order valence-corrected chi connectivity index (χ2v) is 11.7. The third kappa shape index (κ3) is 5.97. The predicted octanol–water partition coefficient (Wildman–Crippen LogP) is 2.06. The number of halogens is 1. The molecule has 0 radical (unpaired) electrons. The quantitative estimate of drug-likeness (QED) is 0.390. The number of aromatic nitrogens is 1. The number of benzene rings is 1. The van der Waals surface area contributed by atoms with Crippen molar-refractivity contribution in [2.24, 2.45) is 11.7 Å². The molecule has 1 aliphatic heterocycles. The molecule has 0 saturated heterocycles. The highest BCUT2D eigenvalue weighted by Gasteiger charge is 2.47. The molecule has 2 heterocycles. The number of nitrogens with one attached hydrogen (secondary N) is 2. The van der Waals surface area contributed by atoms with E-state index in [1.54, 1.807) is 19.0 Å². The molecule has 4 N–H and O–H groups in total. The maximum atomic E-state index is 13.2. The summed E-state index contributed by atoms with van der Waals surface area (Å²) in [7, 11) is 5.68. The van der Waals surface area contributed by atoms with Gasteiger partial charge in [-0.25, -0.2) is 9.37 Å². The lowest BCUT2D eigenvalue weighted by Gasteiger charge is -2.50. The summed E-state index contributed by atoms with van der Waals surface area (Å²) in [5.41, 5.74) is 6.82. The van der Waals surface area contributed by atoms with Crippen molar-refractivity contribution in [3.63, 3.8) is 0 Å². The number of rotatable bonds is 5. The van der Waals surface area contributed by atoms with E-state index in [-0.39, 0.29) is 28.9 Å². The van der Waals surface area contributed by atoms with Gasteiger partial charge in [-0.2, -0.15) is 0 Å². The Labute approximate surface area is 224 Å². The summed E-state index contributed by atoms with van der Waals surface area (Å²) >= 11 is 6.78. The van der Waals surface area contributed by atoms with E-state index in [0.717, 1.165) is 17.1 Å². The van der Waals surface area contributed by atoms with Gasteiger partial charge in [-0.05, 0) is 37.1 Å². The van der Waals surface area contributed by atoms with E-state index in [1.807, 2.05) is 0 Å². The highest BCUT2D eigenvalue weighted by atomic mass is 32.1. The number of quaternary nitrogens is 1. The van der Waals surface area contributed by atoms with Gasteiger partial charge in [-0.3, -0.25) is 14.4 Å². The van der Waals surface area contributed by atoms with Gasteiger partial charge >= 0.3 is 0 Å². The van der Waals surface area contributed by atoms with Crippen molar-refractivity contribution in [2.45, 2.75) is 44.3 Å². The summed E-state index contributed by atoms with van der Waals surface area (Å²) < 4.78 is 13.8. The molecule has 3 amide bonds. The number of carbonyl (C=O) groups excluding carboxylic acids is 3. The van der Waals surface area contributed by atoms with E-state index in [2.05, 4.69) is 22.7 Å². The van der Waals surface area contributed by atoms with E-state index < -0.39 is 17.6 Å². The van der Waals surface area contributed by atoms with Gasteiger partial charge in [-0.1, -0.05) is 12.2 Å². The number of hydrogen-bond donors (Lipinski definition) is 3. The van der Waals surface area contributed by atoms with Gasteiger partial charge in [-0.15, -0.1) is 11.3 Å². The topological polar surface area (TPSA) is 117 Å². The molecule has 1 fully saturated rings. The van der Waals surface area contributed by atoms with E-state index in [4.69, 9.17) is 18.0 Å². The maximum absolute atomic E-state index is 13.2. The van der Waals surface area contributed by atoms with Crippen LogP contribution in [-0.4, -0.2) is 76.8 Å². The van der Waals surface area contributed by atoms with Crippen LogP contribution in [-0.2, 0) is 22.6 Å². The van der Waals surface area contributed by atoms with Crippen LogP contribution in [0.1, 0.15) is 39.6 Å². The Balaban J connectivity index is 1.54. The first-order chi connectivity index (χ1) is 17.5. The first-order valence-electron chi connectivity index (χ1n) is 12.2. The molecule has 2 aromatic rings. The third-order valence-electron chi connectivity index (χ3n) is 7.39. The zero-order valence-electron chi connectivity index (χ0n) is 21.1. The highest BCUT2D eigenvalue weighted by molar-refractivity contribution is 7.82. The number of thiocarbonyl (C=S) groups is 1. The molecule has 12 heteroatoms. The van der Waals surface area contributed by atoms with Crippen LogP contribution in [0, 0.1) is 11.7 Å². The van der Waals surface area contributed by atoms with Crippen LogP contribution in [0.2, 0.25) is 0 Å². The number of anilines is 1. The molecule has 1 aromatic carbocycles. The van der Waals surface area contributed by atoms with Gasteiger partial charge in [0, 0.05) is 38.5 Å². The Morgan fingerprint density at radius 1 is 1.22 bits per heavy atom. The lowest BCUT2D eigenvalue weighted by molar-refractivity contribution is -0.950. The van der Waals surface area contributed by atoms with Crippen LogP contribution in [0.15, 0.2) is 24.3 Å². The lowest BCUT2D eigenvalue weighted by Crippen LogP contribution is -2.65. The normalized spacial score (nSPS) is 25.0. The van der Waals surface area contributed by atoms with Gasteiger partial charge in [0.15, 0.2) is 10.00 Å². The molecule has 4 rings (SSSR count). The van der Waals surface area contributed by atoms with E-state index in [9.17, 15) is 18.8 Å². The number of nitrogens with zero attached hydrogens (tertiary/aromatic N) is 3. The SMILES string of the molecule is CN(C)C(=O)[C@H]1CC[C@H](NC(=S)C(=O)Nc2ccc(F)cc2)[C@H]([N+]2(C)CCc3nc(C(N)=O)sc3C2)C1. The number of nitrogens with two attached hydrogens (primary N) is 1. The third-order valence-corrected chi connectivity index (χ3v) is 8.79. The van der Waals surface area contributed by atoms with Crippen LogP contribution in [0.3, 0.4) is 0 Å². The average Bonchev–Trinajstić information content (AvgIpc) is 3.28. The summed E-state index contributed by atoms with van der Waals surface area (Å²) in [5, 5.41) is 6.30. The molecule has 1 aliphatic carbocycles. The minimum atomic E-state index is -0.528. The Kier molecular flexibility index (Phi) is 7.91. The Hall–Kier alpha value is -2.96. The standard InChI is InChI=1S/C25H31FN6O3S2/c1-31(2)25(35)14-4-9-17(29-23(36)22(34)28-16-7-5-15(26)6-8-16)19(12-14)32(3)11-10-18-20(13-32)37-24(30-18)21(27)33/h5-8,14,17,19H,4,9-13H2,1-3H3,(H3-,27,28,29,33,34,36)/p+1/t14-,17-,19+,32?/m0/s1. The van der Waals surface area contributed by atoms with Crippen LogP contribution in [0.4, 0.5) is 10.1 Å². The number of fused-ring (bicyclic) bond motifs is 1. The van der Waals surface area contributed by atoms with Gasteiger partial charge in [0.05, 0.1) is 30.2 Å². The largest absolute Gasteiger partial charge is 0.364 e. The second kappa shape index (κ2) is 10.8. The maximum Gasteiger partial charge on any atom is 0.283 e. The minimum absolute atomic E-state index is 0.00787. The van der Waals surface area contributed by atoms with Crippen LogP contribution >= 0.6 is 23.6 Å². The van der Waals surface area contributed by atoms with Crippen molar-refractivity contribution in [3.05, 3.63) is 45.7 Å². The Bertz CT molecular complexity index is 1220. The van der Waals surface area contributed by atoms with Gasteiger partial charge in [0.2, 0.25) is 5.91 Å². The first-order valence-corrected chi connectivity index (χ1v) is 13.4. The van der Waals surface area contributed by atoms with Crippen molar-refractivity contribution in [3.8, 4) is 0 Å². The monoisotopic (exact) mass is 547 g/mol. The fourth-order valence-electron chi connectivity index (χ4n) is 5.41. The number of primary amides is 1. The van der Waals surface area contributed by atoms with E-state index in [0.29, 0.717) is 47.4 Å². The zero-order chi connectivity index (χ0) is 26.9. The summed E-state index contributed by atoms with van der Waals surface area (Å²) in [5.74, 6) is -1.42. The summed E-state index contributed by atoms with van der Waals surface area (Å²) in [6, 6.07) is 5.35. The smallest absolute Gasteiger partial charge is 0.283 e. The highest BCUT2D eigenvalue weighted by Crippen LogP contribution is 2.38. The lowest BCUT2D eigenvalue weighted by atomic mass is 9.79. The molecule has 37 heavy (non-hydrogen) atoms. The van der Waals surface area contributed by atoms with Gasteiger partial charge in [0.1, 0.15) is 18.4 Å². The molecule has 0 bridgehead atoms. The minimum Gasteiger partial charge on any atom is -0.364 e. The molecular weight excluding hydrogens is 515 g/mol. The van der Waals surface area contributed by atoms with Crippen molar-refractivity contribution < 1.29 is 23.3 Å².